The highest BCUT2D eigenvalue weighted by Crippen LogP contribution is 2.17. The van der Waals surface area contributed by atoms with Crippen LogP contribution in [-0.4, -0.2) is 27.4 Å². The molecule has 1 N–H and O–H groups in total. The predicted octanol–water partition coefficient (Wildman–Crippen LogP) is 2.19. The van der Waals surface area contributed by atoms with Crippen molar-refractivity contribution in [2.45, 2.75) is 32.1 Å². The third-order valence-electron chi connectivity index (χ3n) is 3.07. The molecule has 1 amide bonds. The van der Waals surface area contributed by atoms with Crippen LogP contribution in [0.4, 0.5) is 0 Å². The maximum atomic E-state index is 11.8. The van der Waals surface area contributed by atoms with Crippen molar-refractivity contribution in [3.05, 3.63) is 18.2 Å². The molecule has 4 nitrogen and oxygen atoms in total. The van der Waals surface area contributed by atoms with Crippen molar-refractivity contribution < 1.29 is 4.79 Å². The largest absolute Gasteiger partial charge is 0.349 e. The van der Waals surface area contributed by atoms with Gasteiger partial charge in [-0.25, -0.2) is 4.98 Å². The van der Waals surface area contributed by atoms with E-state index in [-0.39, 0.29) is 11.3 Å². The van der Waals surface area contributed by atoms with E-state index >= 15 is 0 Å². The first kappa shape index (κ1) is 14.0. The van der Waals surface area contributed by atoms with Gasteiger partial charge in [-0.05, 0) is 5.92 Å². The van der Waals surface area contributed by atoms with Gasteiger partial charge in [-0.15, -0.1) is 11.6 Å². The summed E-state index contributed by atoms with van der Waals surface area (Å²) in [6, 6.07) is 0. The van der Waals surface area contributed by atoms with Gasteiger partial charge in [0, 0.05) is 13.6 Å². The molecule has 0 aromatic carbocycles. The number of halogens is 1. The molecule has 1 aromatic rings. The Kier molecular flexibility index (Phi) is 5.48. The number of imidazole rings is 1. The minimum Gasteiger partial charge on any atom is -0.349 e. The van der Waals surface area contributed by atoms with Gasteiger partial charge in [0.05, 0.1) is 17.9 Å². The van der Waals surface area contributed by atoms with Crippen LogP contribution >= 0.6 is 11.6 Å². The highest BCUT2D eigenvalue weighted by atomic mass is 35.5. The fourth-order valence-corrected chi connectivity index (χ4v) is 2.26. The van der Waals surface area contributed by atoms with Crippen LogP contribution in [0.5, 0.6) is 0 Å². The summed E-state index contributed by atoms with van der Waals surface area (Å²) in [5.41, 5.74) is 0.554. The molecule has 0 aliphatic rings. The third-order valence-corrected chi connectivity index (χ3v) is 3.58. The van der Waals surface area contributed by atoms with E-state index in [0.717, 1.165) is 12.8 Å². The number of alkyl halides is 1. The number of hydrogen-bond acceptors (Lipinski definition) is 2. The van der Waals surface area contributed by atoms with Crippen LogP contribution in [0.15, 0.2) is 12.5 Å². The maximum absolute atomic E-state index is 11.8. The van der Waals surface area contributed by atoms with Crippen molar-refractivity contribution in [1.29, 1.82) is 0 Å². The van der Waals surface area contributed by atoms with Crippen molar-refractivity contribution >= 4 is 17.5 Å². The lowest BCUT2D eigenvalue weighted by molar-refractivity contribution is 0.0943. The van der Waals surface area contributed by atoms with Gasteiger partial charge in [0.25, 0.3) is 5.91 Å². The number of nitrogens with zero attached hydrogens (tertiary/aromatic N) is 2. The third kappa shape index (κ3) is 3.73. The van der Waals surface area contributed by atoms with Gasteiger partial charge >= 0.3 is 0 Å². The summed E-state index contributed by atoms with van der Waals surface area (Å²) in [7, 11) is 1.79. The fraction of sp³-hybridized carbons (Fsp3) is 0.667. The van der Waals surface area contributed by atoms with Gasteiger partial charge in [-0.3, -0.25) is 4.79 Å². The number of amides is 1. The molecular formula is C12H20ClN3O. The van der Waals surface area contributed by atoms with Crippen molar-refractivity contribution in [2.75, 3.05) is 6.54 Å². The van der Waals surface area contributed by atoms with E-state index in [0.29, 0.717) is 18.2 Å². The normalized spacial score (nSPS) is 12.8. The standard InChI is InChI=1S/C12H20ClN3O/c1-4-9(5-2)10(13)6-15-12(17)11-7-14-8-16(11)3/h7-10H,4-6H2,1-3H3,(H,15,17). The van der Waals surface area contributed by atoms with Crippen LogP contribution in [0.2, 0.25) is 0 Å². The number of hydrogen-bond donors (Lipinski definition) is 1. The van der Waals surface area contributed by atoms with E-state index in [1.807, 2.05) is 0 Å². The summed E-state index contributed by atoms with van der Waals surface area (Å²) >= 11 is 6.26. The first-order valence-electron chi connectivity index (χ1n) is 5.98. The summed E-state index contributed by atoms with van der Waals surface area (Å²) in [6.07, 6.45) is 5.22. The number of nitrogens with one attached hydrogen (secondary N) is 1. The van der Waals surface area contributed by atoms with E-state index in [2.05, 4.69) is 24.1 Å². The monoisotopic (exact) mass is 257 g/mol. The van der Waals surface area contributed by atoms with Crippen LogP contribution in [0.1, 0.15) is 37.2 Å². The van der Waals surface area contributed by atoms with Crippen LogP contribution in [-0.2, 0) is 7.05 Å². The average molecular weight is 258 g/mol. The number of aromatic nitrogens is 2. The Balaban J connectivity index is 2.46. The van der Waals surface area contributed by atoms with E-state index in [1.165, 1.54) is 0 Å². The van der Waals surface area contributed by atoms with Gasteiger partial charge in [0.2, 0.25) is 0 Å². The lowest BCUT2D eigenvalue weighted by Gasteiger charge is -2.19. The van der Waals surface area contributed by atoms with Gasteiger partial charge in [0.15, 0.2) is 0 Å². The highest BCUT2D eigenvalue weighted by Gasteiger charge is 2.17. The predicted molar refractivity (Wildman–Crippen MR) is 69.3 cm³/mol. The Labute approximate surface area is 107 Å². The molecule has 96 valence electrons. The molecule has 1 heterocycles. The Bertz CT molecular complexity index is 360. The fourth-order valence-electron chi connectivity index (χ4n) is 1.82. The van der Waals surface area contributed by atoms with Crippen LogP contribution in [0.3, 0.4) is 0 Å². The van der Waals surface area contributed by atoms with E-state index < -0.39 is 0 Å². The molecule has 0 saturated heterocycles. The number of carbonyl (C=O) groups is 1. The Hall–Kier alpha value is -1.03. The molecule has 1 aromatic heterocycles. The van der Waals surface area contributed by atoms with Crippen molar-refractivity contribution in [1.82, 2.24) is 14.9 Å². The van der Waals surface area contributed by atoms with Crippen molar-refractivity contribution in [3.63, 3.8) is 0 Å². The molecule has 1 unspecified atom stereocenters. The number of aryl methyl sites for hydroxylation is 1. The molecule has 17 heavy (non-hydrogen) atoms. The lowest BCUT2D eigenvalue weighted by Crippen LogP contribution is -2.34. The first-order chi connectivity index (χ1) is 8.10. The quantitative estimate of drug-likeness (QED) is 0.794. The van der Waals surface area contributed by atoms with E-state index in [4.69, 9.17) is 11.6 Å². The second kappa shape index (κ2) is 6.64. The molecule has 0 saturated carbocycles. The smallest absolute Gasteiger partial charge is 0.269 e. The Morgan fingerprint density at radius 1 is 1.53 bits per heavy atom. The molecular weight excluding hydrogens is 238 g/mol. The molecule has 5 heteroatoms. The van der Waals surface area contributed by atoms with Crippen LogP contribution < -0.4 is 5.32 Å². The molecule has 0 aliphatic heterocycles. The maximum Gasteiger partial charge on any atom is 0.269 e. The Morgan fingerprint density at radius 3 is 2.65 bits per heavy atom. The highest BCUT2D eigenvalue weighted by molar-refractivity contribution is 6.21. The van der Waals surface area contributed by atoms with Gasteiger partial charge < -0.3 is 9.88 Å². The molecule has 0 fully saturated rings. The summed E-state index contributed by atoms with van der Waals surface area (Å²) in [5, 5.41) is 2.83. The second-order valence-corrected chi connectivity index (χ2v) is 4.75. The Morgan fingerprint density at radius 2 is 2.18 bits per heavy atom. The van der Waals surface area contributed by atoms with Crippen molar-refractivity contribution in [2.24, 2.45) is 13.0 Å². The number of carbonyl (C=O) groups excluding carboxylic acids is 1. The summed E-state index contributed by atoms with van der Waals surface area (Å²) in [5.74, 6) is 0.324. The zero-order valence-corrected chi connectivity index (χ0v) is 11.4. The molecule has 1 rings (SSSR count). The zero-order valence-electron chi connectivity index (χ0n) is 10.6. The molecule has 1 atom stereocenters. The minimum absolute atomic E-state index is 0.0119. The summed E-state index contributed by atoms with van der Waals surface area (Å²) in [4.78, 5) is 15.7. The van der Waals surface area contributed by atoms with Crippen LogP contribution in [0, 0.1) is 5.92 Å². The van der Waals surface area contributed by atoms with E-state index in [1.54, 1.807) is 24.1 Å². The molecule has 0 spiro atoms. The van der Waals surface area contributed by atoms with Gasteiger partial charge in [-0.1, -0.05) is 26.7 Å². The molecule has 0 bridgehead atoms. The van der Waals surface area contributed by atoms with Gasteiger partial charge in [0.1, 0.15) is 5.69 Å². The van der Waals surface area contributed by atoms with Gasteiger partial charge in [-0.2, -0.15) is 0 Å². The second-order valence-electron chi connectivity index (χ2n) is 4.19. The minimum atomic E-state index is -0.124. The summed E-state index contributed by atoms with van der Waals surface area (Å²) < 4.78 is 1.69. The SMILES string of the molecule is CCC(CC)C(Cl)CNC(=O)c1cncn1C. The molecule has 0 radical (unpaired) electrons. The number of rotatable bonds is 6. The topological polar surface area (TPSA) is 46.9 Å². The summed E-state index contributed by atoms with van der Waals surface area (Å²) in [6.45, 7) is 4.73. The first-order valence-corrected chi connectivity index (χ1v) is 6.42. The lowest BCUT2D eigenvalue weighted by atomic mass is 9.99. The van der Waals surface area contributed by atoms with Crippen molar-refractivity contribution in [3.8, 4) is 0 Å². The van der Waals surface area contributed by atoms with E-state index in [9.17, 15) is 4.79 Å². The van der Waals surface area contributed by atoms with Crippen LogP contribution in [0.25, 0.3) is 0 Å². The molecule has 0 aliphatic carbocycles. The average Bonchev–Trinajstić information content (AvgIpc) is 2.74. The zero-order chi connectivity index (χ0) is 12.8.